The largest absolute Gasteiger partial charge is 0.478 e. The summed E-state index contributed by atoms with van der Waals surface area (Å²) in [6.07, 6.45) is 6.08. The first-order valence-electron chi connectivity index (χ1n) is 14.7. The summed E-state index contributed by atoms with van der Waals surface area (Å²) in [5, 5.41) is 11.0. The molecule has 0 spiro atoms. The maximum absolute atomic E-state index is 13.5. The monoisotopic (exact) mass is 528 g/mol. The molecule has 1 N–H and O–H groups in total. The third kappa shape index (κ3) is 4.82. The zero-order valence-corrected chi connectivity index (χ0v) is 23.3. The van der Waals surface area contributed by atoms with Crippen molar-refractivity contribution in [3.8, 4) is 11.3 Å². The molecule has 2 aliphatic heterocycles. The molecule has 7 heteroatoms. The van der Waals surface area contributed by atoms with Crippen molar-refractivity contribution < 1.29 is 14.7 Å². The Kier molecular flexibility index (Phi) is 7.10. The van der Waals surface area contributed by atoms with Gasteiger partial charge in [0.25, 0.3) is 0 Å². The van der Waals surface area contributed by atoms with E-state index in [0.29, 0.717) is 31.1 Å². The Morgan fingerprint density at radius 1 is 0.923 bits per heavy atom. The minimum atomic E-state index is -0.897. The van der Waals surface area contributed by atoms with Gasteiger partial charge in [0.05, 0.1) is 17.8 Å². The standard InChI is InChI=1S/C32H40N4O3/c1-3-33-13-15-34(16-14-33)29(37)21-35-17-18-36-28-20-24(32(38)39)10-12-25(28)30(23-7-5-4-6-8-23)31(36)26-11-9-22(2)19-27(26)35/h9-12,19-20,23H,3-8,13-18,21H2,1-2H3,(H,38,39). The van der Waals surface area contributed by atoms with Crippen molar-refractivity contribution in [1.29, 1.82) is 0 Å². The molecule has 0 atom stereocenters. The molecule has 3 heterocycles. The normalized spacial score (nSPS) is 18.6. The lowest BCUT2D eigenvalue weighted by molar-refractivity contribution is -0.131. The molecule has 1 aromatic heterocycles. The number of carbonyl (C=O) groups is 2. The van der Waals surface area contributed by atoms with Gasteiger partial charge in [-0.15, -0.1) is 0 Å². The van der Waals surface area contributed by atoms with Crippen LogP contribution in [0.1, 0.15) is 66.4 Å². The predicted molar refractivity (Wildman–Crippen MR) is 156 cm³/mol. The van der Waals surface area contributed by atoms with Gasteiger partial charge in [-0.3, -0.25) is 4.79 Å². The number of hydrogen-bond acceptors (Lipinski definition) is 4. The highest BCUT2D eigenvalue weighted by molar-refractivity contribution is 6.00. The van der Waals surface area contributed by atoms with Gasteiger partial charge in [0.15, 0.2) is 0 Å². The molecule has 1 saturated heterocycles. The van der Waals surface area contributed by atoms with Crippen LogP contribution in [-0.4, -0.2) is 77.2 Å². The first-order valence-corrected chi connectivity index (χ1v) is 14.7. The molecule has 0 unspecified atom stereocenters. The summed E-state index contributed by atoms with van der Waals surface area (Å²) in [6, 6.07) is 12.3. The lowest BCUT2D eigenvalue weighted by Gasteiger charge is -2.35. The zero-order chi connectivity index (χ0) is 27.1. The second-order valence-electron chi connectivity index (χ2n) is 11.5. The van der Waals surface area contributed by atoms with Crippen LogP contribution in [0.5, 0.6) is 0 Å². The number of aryl methyl sites for hydroxylation is 1. The predicted octanol–water partition coefficient (Wildman–Crippen LogP) is 5.35. The number of likely N-dealkylation sites (N-methyl/N-ethyl adjacent to an activating group) is 1. The van der Waals surface area contributed by atoms with Crippen molar-refractivity contribution >= 4 is 28.5 Å². The van der Waals surface area contributed by atoms with E-state index in [4.69, 9.17) is 0 Å². The number of anilines is 1. The van der Waals surface area contributed by atoms with Gasteiger partial charge in [0.2, 0.25) is 5.91 Å². The number of carboxylic acid groups (broad SMARTS) is 1. The summed E-state index contributed by atoms with van der Waals surface area (Å²) in [4.78, 5) is 32.1. The quantitative estimate of drug-likeness (QED) is 0.484. The SMILES string of the molecule is CCN1CCN(C(=O)CN2CCn3c(c(C4CCCCC4)c4ccc(C(=O)O)cc43)-c3ccc(C)cc32)CC1. The molecule has 1 saturated carbocycles. The van der Waals surface area contributed by atoms with Gasteiger partial charge in [-0.25, -0.2) is 4.79 Å². The molecule has 3 aliphatic rings. The number of hydrogen-bond donors (Lipinski definition) is 1. The Labute approximate surface area is 231 Å². The highest BCUT2D eigenvalue weighted by Gasteiger charge is 2.32. The van der Waals surface area contributed by atoms with Crippen LogP contribution in [0.3, 0.4) is 0 Å². The average Bonchev–Trinajstić information content (AvgIpc) is 3.20. The Bertz CT molecular complexity index is 1400. The number of carbonyl (C=O) groups excluding carboxylic acids is 1. The number of carboxylic acids is 1. The Morgan fingerprint density at radius 2 is 1.69 bits per heavy atom. The number of fused-ring (bicyclic) bond motifs is 5. The fourth-order valence-electron chi connectivity index (χ4n) is 7.02. The van der Waals surface area contributed by atoms with Crippen LogP contribution in [0.4, 0.5) is 5.69 Å². The van der Waals surface area contributed by atoms with E-state index in [9.17, 15) is 14.7 Å². The molecule has 2 aromatic carbocycles. The van der Waals surface area contributed by atoms with E-state index in [2.05, 4.69) is 46.4 Å². The fourth-order valence-corrected chi connectivity index (χ4v) is 7.02. The Morgan fingerprint density at radius 3 is 2.41 bits per heavy atom. The molecular formula is C32H40N4O3. The smallest absolute Gasteiger partial charge is 0.335 e. The van der Waals surface area contributed by atoms with E-state index >= 15 is 0 Å². The van der Waals surface area contributed by atoms with Crippen LogP contribution >= 0.6 is 0 Å². The number of rotatable bonds is 5. The molecule has 1 amide bonds. The summed E-state index contributed by atoms with van der Waals surface area (Å²) in [6.45, 7) is 10.6. The van der Waals surface area contributed by atoms with E-state index in [-0.39, 0.29) is 5.91 Å². The summed E-state index contributed by atoms with van der Waals surface area (Å²) in [5.74, 6) is -0.243. The van der Waals surface area contributed by atoms with Crippen molar-refractivity contribution in [1.82, 2.24) is 14.4 Å². The topological polar surface area (TPSA) is 69.0 Å². The third-order valence-electron chi connectivity index (χ3n) is 9.21. The minimum Gasteiger partial charge on any atom is -0.478 e. The van der Waals surface area contributed by atoms with Gasteiger partial charge in [0, 0.05) is 61.4 Å². The molecule has 7 nitrogen and oxygen atoms in total. The van der Waals surface area contributed by atoms with Crippen molar-refractivity contribution in [2.45, 2.75) is 58.4 Å². The van der Waals surface area contributed by atoms with Crippen molar-refractivity contribution in [3.63, 3.8) is 0 Å². The first-order chi connectivity index (χ1) is 18.9. The minimum absolute atomic E-state index is 0.190. The molecular weight excluding hydrogens is 488 g/mol. The van der Waals surface area contributed by atoms with Crippen LogP contribution in [0, 0.1) is 6.92 Å². The van der Waals surface area contributed by atoms with E-state index in [0.717, 1.165) is 49.5 Å². The van der Waals surface area contributed by atoms with E-state index < -0.39 is 5.97 Å². The molecule has 2 fully saturated rings. The van der Waals surface area contributed by atoms with E-state index in [1.807, 2.05) is 17.0 Å². The first kappa shape index (κ1) is 25.9. The van der Waals surface area contributed by atoms with Gasteiger partial charge in [-0.2, -0.15) is 0 Å². The Balaban J connectivity index is 1.44. The molecule has 1 aliphatic carbocycles. The van der Waals surface area contributed by atoms with Crippen LogP contribution in [0.25, 0.3) is 22.2 Å². The second-order valence-corrected chi connectivity index (χ2v) is 11.5. The van der Waals surface area contributed by atoms with E-state index in [1.165, 1.54) is 54.3 Å². The highest BCUT2D eigenvalue weighted by Crippen LogP contribution is 2.47. The lowest BCUT2D eigenvalue weighted by Crippen LogP contribution is -2.51. The maximum Gasteiger partial charge on any atom is 0.335 e. The van der Waals surface area contributed by atoms with Gasteiger partial charge in [-0.1, -0.05) is 44.4 Å². The molecule has 3 aromatic rings. The fraction of sp³-hybridized carbons (Fsp3) is 0.500. The maximum atomic E-state index is 13.5. The van der Waals surface area contributed by atoms with Crippen molar-refractivity contribution in [2.24, 2.45) is 0 Å². The van der Waals surface area contributed by atoms with Gasteiger partial charge in [-0.05, 0) is 61.6 Å². The zero-order valence-electron chi connectivity index (χ0n) is 23.3. The summed E-state index contributed by atoms with van der Waals surface area (Å²) >= 11 is 0. The molecule has 206 valence electrons. The number of nitrogens with zero attached hydrogens (tertiary/aromatic N) is 4. The van der Waals surface area contributed by atoms with E-state index in [1.54, 1.807) is 6.07 Å². The van der Waals surface area contributed by atoms with Crippen LogP contribution in [0.2, 0.25) is 0 Å². The number of aromatic nitrogens is 1. The van der Waals surface area contributed by atoms with Crippen LogP contribution in [0.15, 0.2) is 36.4 Å². The third-order valence-corrected chi connectivity index (χ3v) is 9.21. The summed E-state index contributed by atoms with van der Waals surface area (Å²) in [5.41, 5.74) is 7.38. The molecule has 6 rings (SSSR count). The highest BCUT2D eigenvalue weighted by atomic mass is 16.4. The summed E-state index contributed by atoms with van der Waals surface area (Å²) < 4.78 is 2.35. The molecule has 0 bridgehead atoms. The summed E-state index contributed by atoms with van der Waals surface area (Å²) in [7, 11) is 0. The lowest BCUT2D eigenvalue weighted by atomic mass is 9.81. The second kappa shape index (κ2) is 10.7. The Hall–Kier alpha value is -3.32. The number of benzene rings is 2. The van der Waals surface area contributed by atoms with Crippen molar-refractivity contribution in [2.75, 3.05) is 50.7 Å². The number of piperazine rings is 1. The van der Waals surface area contributed by atoms with Gasteiger partial charge < -0.3 is 24.4 Å². The van der Waals surface area contributed by atoms with Gasteiger partial charge in [0.1, 0.15) is 0 Å². The average molecular weight is 529 g/mol. The van der Waals surface area contributed by atoms with Crippen molar-refractivity contribution in [3.05, 3.63) is 53.1 Å². The number of aromatic carboxylic acids is 1. The van der Waals surface area contributed by atoms with Crippen LogP contribution in [-0.2, 0) is 11.3 Å². The van der Waals surface area contributed by atoms with Crippen LogP contribution < -0.4 is 4.90 Å². The van der Waals surface area contributed by atoms with Gasteiger partial charge >= 0.3 is 5.97 Å². The molecule has 0 radical (unpaired) electrons. The molecule has 39 heavy (non-hydrogen) atoms. The number of amides is 1.